The highest BCUT2D eigenvalue weighted by Gasteiger charge is 2.42. The van der Waals surface area contributed by atoms with Crippen LogP contribution in [0.2, 0.25) is 0 Å². The molecule has 0 atom stereocenters. The SMILES string of the molecule is CCN(CC)C(=O)C1=NOC2(CCNCC2)C1.Cl. The Morgan fingerprint density at radius 1 is 1.39 bits per heavy atom. The third kappa shape index (κ3) is 2.95. The first kappa shape index (κ1) is 15.2. The molecule has 0 saturated carbocycles. The van der Waals surface area contributed by atoms with Crippen molar-refractivity contribution in [2.45, 2.75) is 38.7 Å². The van der Waals surface area contributed by atoms with Crippen LogP contribution in [0.3, 0.4) is 0 Å². The quantitative estimate of drug-likeness (QED) is 0.841. The number of carbonyl (C=O) groups is 1. The minimum absolute atomic E-state index is 0. The fourth-order valence-corrected chi connectivity index (χ4v) is 2.48. The molecule has 0 radical (unpaired) electrons. The topological polar surface area (TPSA) is 53.9 Å². The summed E-state index contributed by atoms with van der Waals surface area (Å²) < 4.78 is 0. The number of oxime groups is 1. The Morgan fingerprint density at radius 3 is 2.56 bits per heavy atom. The smallest absolute Gasteiger partial charge is 0.271 e. The molecule has 2 rings (SSSR count). The molecule has 0 bridgehead atoms. The van der Waals surface area contributed by atoms with Crippen molar-refractivity contribution < 1.29 is 9.63 Å². The lowest BCUT2D eigenvalue weighted by atomic mass is 9.87. The van der Waals surface area contributed by atoms with E-state index in [-0.39, 0.29) is 23.9 Å². The van der Waals surface area contributed by atoms with Crippen molar-refractivity contribution in [1.82, 2.24) is 10.2 Å². The third-order valence-corrected chi connectivity index (χ3v) is 3.65. The van der Waals surface area contributed by atoms with Crippen molar-refractivity contribution in [1.29, 1.82) is 0 Å². The van der Waals surface area contributed by atoms with Gasteiger partial charge in [0.05, 0.1) is 0 Å². The number of nitrogens with zero attached hydrogens (tertiary/aromatic N) is 2. The number of hydrogen-bond acceptors (Lipinski definition) is 4. The van der Waals surface area contributed by atoms with E-state index >= 15 is 0 Å². The van der Waals surface area contributed by atoms with Crippen LogP contribution in [0.1, 0.15) is 33.1 Å². The second-order valence-electron chi connectivity index (χ2n) is 4.72. The van der Waals surface area contributed by atoms with E-state index in [2.05, 4.69) is 10.5 Å². The molecule has 2 aliphatic heterocycles. The monoisotopic (exact) mass is 275 g/mol. The van der Waals surface area contributed by atoms with E-state index in [0.717, 1.165) is 39.0 Å². The molecule has 18 heavy (non-hydrogen) atoms. The van der Waals surface area contributed by atoms with Gasteiger partial charge in [0.1, 0.15) is 11.3 Å². The molecule has 0 aliphatic carbocycles. The minimum Gasteiger partial charge on any atom is -0.388 e. The summed E-state index contributed by atoms with van der Waals surface area (Å²) >= 11 is 0. The van der Waals surface area contributed by atoms with Gasteiger partial charge in [-0.2, -0.15) is 0 Å². The first-order chi connectivity index (χ1) is 8.21. The molecular formula is C12H22ClN3O2. The highest BCUT2D eigenvalue weighted by molar-refractivity contribution is 6.39. The van der Waals surface area contributed by atoms with Gasteiger partial charge in [0, 0.05) is 32.4 Å². The van der Waals surface area contributed by atoms with Crippen LogP contribution in [0, 0.1) is 0 Å². The standard InChI is InChI=1S/C12H21N3O2.ClH/c1-3-15(4-2)11(16)10-9-12(17-14-10)5-7-13-8-6-12;/h13H,3-9H2,1-2H3;1H. The molecule has 0 unspecified atom stereocenters. The maximum Gasteiger partial charge on any atom is 0.271 e. The van der Waals surface area contributed by atoms with Gasteiger partial charge in [-0.05, 0) is 26.9 Å². The maximum absolute atomic E-state index is 12.1. The molecule has 1 fully saturated rings. The summed E-state index contributed by atoms with van der Waals surface area (Å²) in [6.07, 6.45) is 2.54. The number of carbonyl (C=O) groups excluding carboxylic acids is 1. The van der Waals surface area contributed by atoms with Gasteiger partial charge in [0.15, 0.2) is 0 Å². The van der Waals surface area contributed by atoms with Gasteiger partial charge in [-0.25, -0.2) is 0 Å². The average Bonchev–Trinajstić information content (AvgIpc) is 2.75. The predicted octanol–water partition coefficient (Wildman–Crippen LogP) is 1.18. The fourth-order valence-electron chi connectivity index (χ4n) is 2.48. The van der Waals surface area contributed by atoms with Gasteiger partial charge in [0.25, 0.3) is 5.91 Å². The van der Waals surface area contributed by atoms with Crippen molar-refractivity contribution in [3.8, 4) is 0 Å². The van der Waals surface area contributed by atoms with Crippen molar-refractivity contribution in [3.63, 3.8) is 0 Å². The van der Waals surface area contributed by atoms with Crippen molar-refractivity contribution in [2.24, 2.45) is 5.16 Å². The van der Waals surface area contributed by atoms with Crippen LogP contribution in [0.15, 0.2) is 5.16 Å². The van der Waals surface area contributed by atoms with Crippen LogP contribution in [0.25, 0.3) is 0 Å². The van der Waals surface area contributed by atoms with Crippen LogP contribution >= 0.6 is 12.4 Å². The highest BCUT2D eigenvalue weighted by Crippen LogP contribution is 2.32. The summed E-state index contributed by atoms with van der Waals surface area (Å²) in [5.41, 5.74) is 0.388. The Hall–Kier alpha value is -0.810. The molecule has 1 amide bonds. The van der Waals surface area contributed by atoms with Crippen LogP contribution < -0.4 is 5.32 Å². The number of nitrogens with one attached hydrogen (secondary N) is 1. The Labute approximate surface area is 114 Å². The number of amides is 1. The fraction of sp³-hybridized carbons (Fsp3) is 0.833. The summed E-state index contributed by atoms with van der Waals surface area (Å²) in [7, 11) is 0. The molecule has 5 nitrogen and oxygen atoms in total. The Bertz CT molecular complexity index is 323. The lowest BCUT2D eigenvalue weighted by Crippen LogP contribution is -2.43. The van der Waals surface area contributed by atoms with Crippen LogP contribution in [0.4, 0.5) is 0 Å². The van der Waals surface area contributed by atoms with E-state index in [4.69, 9.17) is 4.84 Å². The molecular weight excluding hydrogens is 254 g/mol. The zero-order chi connectivity index (χ0) is 12.3. The van der Waals surface area contributed by atoms with E-state index < -0.39 is 0 Å². The molecule has 2 heterocycles. The second kappa shape index (κ2) is 6.38. The summed E-state index contributed by atoms with van der Waals surface area (Å²) in [5, 5.41) is 7.33. The van der Waals surface area contributed by atoms with Crippen molar-refractivity contribution in [2.75, 3.05) is 26.2 Å². The van der Waals surface area contributed by atoms with E-state index in [1.54, 1.807) is 4.90 Å². The summed E-state index contributed by atoms with van der Waals surface area (Å²) in [6, 6.07) is 0. The molecule has 0 aromatic heterocycles. The van der Waals surface area contributed by atoms with E-state index in [1.165, 1.54) is 0 Å². The average molecular weight is 276 g/mol. The Kier molecular flexibility index (Phi) is 5.41. The number of halogens is 1. The maximum atomic E-state index is 12.1. The molecule has 1 saturated heterocycles. The third-order valence-electron chi connectivity index (χ3n) is 3.65. The highest BCUT2D eigenvalue weighted by atomic mass is 35.5. The molecule has 1 N–H and O–H groups in total. The lowest BCUT2D eigenvalue weighted by molar-refractivity contribution is -0.123. The molecule has 0 aromatic carbocycles. The summed E-state index contributed by atoms with van der Waals surface area (Å²) in [6.45, 7) is 7.31. The number of hydrogen-bond donors (Lipinski definition) is 1. The predicted molar refractivity (Wildman–Crippen MR) is 73.1 cm³/mol. The summed E-state index contributed by atoms with van der Waals surface area (Å²) in [4.78, 5) is 19.5. The zero-order valence-corrected chi connectivity index (χ0v) is 11.9. The number of rotatable bonds is 3. The van der Waals surface area contributed by atoms with E-state index in [9.17, 15) is 4.79 Å². The molecule has 0 aromatic rings. The zero-order valence-electron chi connectivity index (χ0n) is 11.1. The first-order valence-corrected chi connectivity index (χ1v) is 6.46. The first-order valence-electron chi connectivity index (χ1n) is 6.46. The van der Waals surface area contributed by atoms with E-state index in [1.807, 2.05) is 13.8 Å². The van der Waals surface area contributed by atoms with Crippen molar-refractivity contribution >= 4 is 24.0 Å². The van der Waals surface area contributed by atoms with Crippen LogP contribution in [0.5, 0.6) is 0 Å². The largest absolute Gasteiger partial charge is 0.388 e. The molecule has 2 aliphatic rings. The van der Waals surface area contributed by atoms with Gasteiger partial charge in [-0.3, -0.25) is 4.79 Å². The van der Waals surface area contributed by atoms with Crippen LogP contribution in [-0.4, -0.2) is 48.3 Å². The molecule has 1 spiro atoms. The summed E-state index contributed by atoms with van der Waals surface area (Å²) in [5.74, 6) is 0.0328. The Balaban J connectivity index is 0.00000162. The minimum atomic E-state index is -0.205. The van der Waals surface area contributed by atoms with Crippen LogP contribution in [-0.2, 0) is 9.63 Å². The van der Waals surface area contributed by atoms with Gasteiger partial charge < -0.3 is 15.1 Å². The van der Waals surface area contributed by atoms with Gasteiger partial charge in [0.2, 0.25) is 0 Å². The number of piperidine rings is 1. The molecule has 6 heteroatoms. The van der Waals surface area contributed by atoms with Gasteiger partial charge in [-0.1, -0.05) is 5.16 Å². The van der Waals surface area contributed by atoms with Gasteiger partial charge >= 0.3 is 0 Å². The normalized spacial score (nSPS) is 20.9. The van der Waals surface area contributed by atoms with Gasteiger partial charge in [-0.15, -0.1) is 12.4 Å². The second-order valence-corrected chi connectivity index (χ2v) is 4.72. The molecule has 104 valence electrons. The Morgan fingerprint density at radius 2 is 2.00 bits per heavy atom. The van der Waals surface area contributed by atoms with E-state index in [0.29, 0.717) is 12.1 Å². The lowest BCUT2D eigenvalue weighted by Gasteiger charge is -2.31. The van der Waals surface area contributed by atoms with Crippen molar-refractivity contribution in [3.05, 3.63) is 0 Å².